The number of hydrogen-bond donors (Lipinski definition) is 0. The van der Waals surface area contributed by atoms with E-state index in [-0.39, 0.29) is 47.8 Å². The van der Waals surface area contributed by atoms with Gasteiger partial charge >= 0.3 is 6.09 Å². The molecule has 14 nitrogen and oxygen atoms in total. The molecule has 6 rings (SSSR count). The van der Waals surface area contributed by atoms with Crippen LogP contribution in [0.3, 0.4) is 0 Å². The number of nitrogens with zero attached hydrogens (tertiary/aromatic N) is 8. The Hall–Kier alpha value is -3.60. The van der Waals surface area contributed by atoms with Crippen molar-refractivity contribution < 1.29 is 31.9 Å². The highest BCUT2D eigenvalue weighted by molar-refractivity contribution is 7.86. The van der Waals surface area contributed by atoms with Crippen molar-refractivity contribution in [3.8, 4) is 11.5 Å². The standard InChI is InChI=1S/C39H59FN8O6S/c1-28(2)48(29(3)4)36(49)32-22-31(40)8-9-33(32)53-34-23-41-27-42-35(34)45-25-39(26-45)12-16-43(17-13-39)24-30-10-14-46(15-11-30)55(51,52)47-20-18-44(19-21-47)37(50)54-38(5,6)7/h8-9,22-23,27-30H,10-21,24-26H2,1-7H3. The maximum Gasteiger partial charge on any atom is 0.410 e. The molecular weight excluding hydrogens is 728 g/mol. The van der Waals surface area contributed by atoms with Crippen LogP contribution >= 0.6 is 0 Å². The number of halogens is 1. The van der Waals surface area contributed by atoms with E-state index in [1.165, 1.54) is 28.8 Å². The van der Waals surface area contributed by atoms with Gasteiger partial charge in [0.05, 0.1) is 11.8 Å². The summed E-state index contributed by atoms with van der Waals surface area (Å²) >= 11 is 0. The molecule has 0 radical (unpaired) electrons. The minimum Gasteiger partial charge on any atom is -0.451 e. The normalized spacial score (nSPS) is 20.5. The van der Waals surface area contributed by atoms with Crippen LogP contribution < -0.4 is 9.64 Å². The van der Waals surface area contributed by atoms with Gasteiger partial charge in [-0.15, -0.1) is 0 Å². The quantitative estimate of drug-likeness (QED) is 0.322. The average molecular weight is 787 g/mol. The second kappa shape index (κ2) is 16.5. The van der Waals surface area contributed by atoms with Crippen molar-refractivity contribution >= 4 is 28.0 Å². The van der Waals surface area contributed by atoms with Crippen LogP contribution in [-0.2, 0) is 14.9 Å². The molecule has 2 amide bonds. The zero-order valence-electron chi connectivity index (χ0n) is 33.5. The van der Waals surface area contributed by atoms with E-state index in [1.807, 2.05) is 48.5 Å². The molecule has 0 bridgehead atoms. The van der Waals surface area contributed by atoms with Crippen LogP contribution in [0.5, 0.6) is 11.5 Å². The van der Waals surface area contributed by atoms with Gasteiger partial charge in [-0.05, 0) is 111 Å². The van der Waals surface area contributed by atoms with Gasteiger partial charge in [0.1, 0.15) is 23.5 Å². The van der Waals surface area contributed by atoms with Gasteiger partial charge in [0, 0.05) is 76.4 Å². The Morgan fingerprint density at radius 1 is 0.927 bits per heavy atom. The number of carbonyl (C=O) groups excluding carboxylic acids is 2. The molecule has 16 heteroatoms. The summed E-state index contributed by atoms with van der Waals surface area (Å²) in [6, 6.07) is 3.86. The third kappa shape index (κ3) is 9.51. The zero-order chi connectivity index (χ0) is 39.7. The highest BCUT2D eigenvalue weighted by Gasteiger charge is 2.46. The fourth-order valence-corrected chi connectivity index (χ4v) is 10.0. The summed E-state index contributed by atoms with van der Waals surface area (Å²) in [5.41, 5.74) is -0.256. The monoisotopic (exact) mass is 786 g/mol. The van der Waals surface area contributed by atoms with Crippen LogP contribution in [0.2, 0.25) is 0 Å². The van der Waals surface area contributed by atoms with Gasteiger partial charge in [-0.1, -0.05) is 0 Å². The predicted molar refractivity (Wildman–Crippen MR) is 208 cm³/mol. The molecule has 1 spiro atoms. The molecule has 0 saturated carbocycles. The summed E-state index contributed by atoms with van der Waals surface area (Å²) in [7, 11) is -3.58. The Bertz CT molecular complexity index is 1770. The predicted octanol–water partition coefficient (Wildman–Crippen LogP) is 5.08. The second-order valence-corrected chi connectivity index (χ2v) is 19.2. The average Bonchev–Trinajstić information content (AvgIpc) is 3.11. The van der Waals surface area contributed by atoms with Gasteiger partial charge in [0.15, 0.2) is 11.6 Å². The Kier molecular flexibility index (Phi) is 12.3. The van der Waals surface area contributed by atoms with Crippen LogP contribution in [0.4, 0.5) is 15.0 Å². The minimum absolute atomic E-state index is 0.0764. The van der Waals surface area contributed by atoms with Gasteiger partial charge in [-0.25, -0.2) is 19.2 Å². The highest BCUT2D eigenvalue weighted by atomic mass is 32.2. The largest absolute Gasteiger partial charge is 0.451 e. The first-order valence-electron chi connectivity index (χ1n) is 19.8. The van der Waals surface area contributed by atoms with E-state index in [9.17, 15) is 22.4 Å². The first-order chi connectivity index (χ1) is 25.9. The summed E-state index contributed by atoms with van der Waals surface area (Å²) in [4.78, 5) is 42.8. The van der Waals surface area contributed by atoms with Crippen LogP contribution in [-0.4, -0.2) is 143 Å². The lowest BCUT2D eigenvalue weighted by molar-refractivity contribution is 0.0188. The molecule has 4 fully saturated rings. The lowest BCUT2D eigenvalue weighted by Gasteiger charge is -2.54. The highest BCUT2D eigenvalue weighted by Crippen LogP contribution is 2.45. The lowest BCUT2D eigenvalue weighted by Crippen LogP contribution is -2.61. The fraction of sp³-hybridized carbons (Fsp3) is 0.692. The Balaban J connectivity index is 0.972. The van der Waals surface area contributed by atoms with Crippen LogP contribution in [0.15, 0.2) is 30.7 Å². The molecule has 0 aliphatic carbocycles. The molecule has 304 valence electrons. The van der Waals surface area contributed by atoms with Gasteiger partial charge in [-0.2, -0.15) is 17.0 Å². The summed E-state index contributed by atoms with van der Waals surface area (Å²) in [5.74, 6) is 0.980. The first kappa shape index (κ1) is 41.0. The molecule has 0 atom stereocenters. The van der Waals surface area contributed by atoms with E-state index in [2.05, 4.69) is 19.8 Å². The topological polar surface area (TPSA) is 132 Å². The second-order valence-electron chi connectivity index (χ2n) is 17.2. The zero-order valence-corrected chi connectivity index (χ0v) is 34.4. The maximum absolute atomic E-state index is 14.4. The molecule has 1 aromatic carbocycles. The number of hydrogen-bond acceptors (Lipinski definition) is 10. The molecule has 4 saturated heterocycles. The van der Waals surface area contributed by atoms with E-state index in [0.29, 0.717) is 43.7 Å². The van der Waals surface area contributed by atoms with E-state index >= 15 is 0 Å². The van der Waals surface area contributed by atoms with Crippen molar-refractivity contribution in [3.05, 3.63) is 42.1 Å². The van der Waals surface area contributed by atoms with Gasteiger partial charge < -0.3 is 29.1 Å². The number of benzene rings is 1. The number of anilines is 1. The Labute approximate surface area is 326 Å². The number of carbonyl (C=O) groups is 2. The minimum atomic E-state index is -3.58. The molecule has 0 unspecified atom stereocenters. The summed E-state index contributed by atoms with van der Waals surface area (Å²) in [6.45, 7) is 20.0. The van der Waals surface area contributed by atoms with Crippen LogP contribution in [0.1, 0.15) is 84.5 Å². The van der Waals surface area contributed by atoms with Gasteiger partial charge in [-0.3, -0.25) is 4.79 Å². The molecule has 0 N–H and O–H groups in total. The Morgan fingerprint density at radius 3 is 2.15 bits per heavy atom. The van der Waals surface area contributed by atoms with E-state index in [0.717, 1.165) is 58.4 Å². The van der Waals surface area contributed by atoms with Crippen molar-refractivity contribution in [3.63, 3.8) is 0 Å². The van der Waals surface area contributed by atoms with Crippen molar-refractivity contribution in [1.82, 2.24) is 33.3 Å². The lowest BCUT2D eigenvalue weighted by atomic mass is 9.72. The molecule has 4 aliphatic rings. The summed E-state index contributed by atoms with van der Waals surface area (Å²) < 4.78 is 56.3. The summed E-state index contributed by atoms with van der Waals surface area (Å²) in [6.07, 6.45) is 6.47. The number of piperazine rings is 1. The first-order valence-corrected chi connectivity index (χ1v) is 21.1. The Morgan fingerprint density at radius 2 is 1.55 bits per heavy atom. The van der Waals surface area contributed by atoms with Crippen molar-refractivity contribution in [2.24, 2.45) is 11.3 Å². The molecule has 4 aliphatic heterocycles. The smallest absolute Gasteiger partial charge is 0.410 e. The van der Waals surface area contributed by atoms with Crippen LogP contribution in [0.25, 0.3) is 0 Å². The van der Waals surface area contributed by atoms with Crippen molar-refractivity contribution in [2.75, 3.05) is 76.9 Å². The molecular formula is C39H59FN8O6S. The molecule has 1 aromatic heterocycles. The molecule has 5 heterocycles. The number of likely N-dealkylation sites (tertiary alicyclic amines) is 1. The van der Waals surface area contributed by atoms with Gasteiger partial charge in [0.2, 0.25) is 0 Å². The summed E-state index contributed by atoms with van der Waals surface area (Å²) in [5, 5.41) is 0. The van der Waals surface area contributed by atoms with E-state index in [1.54, 1.807) is 20.3 Å². The van der Waals surface area contributed by atoms with Gasteiger partial charge in [0.25, 0.3) is 16.1 Å². The fourth-order valence-electron chi connectivity index (χ4n) is 8.42. The number of piperidine rings is 2. The van der Waals surface area contributed by atoms with E-state index < -0.39 is 27.7 Å². The molecule has 2 aromatic rings. The van der Waals surface area contributed by atoms with Crippen LogP contribution in [0, 0.1) is 17.2 Å². The third-order valence-corrected chi connectivity index (χ3v) is 13.3. The number of ether oxygens (including phenoxy) is 2. The van der Waals surface area contributed by atoms with E-state index in [4.69, 9.17) is 9.47 Å². The third-order valence-electron chi connectivity index (χ3n) is 11.3. The molecule has 55 heavy (non-hydrogen) atoms. The number of amides is 2. The maximum atomic E-state index is 14.4. The number of rotatable bonds is 10. The van der Waals surface area contributed by atoms with Crippen molar-refractivity contribution in [1.29, 1.82) is 0 Å². The SMILES string of the molecule is CC(C)N(C(=O)c1cc(F)ccc1Oc1cncnc1N1CC2(CCN(CC3CCN(S(=O)(=O)N4CCN(C(=O)OC(C)(C)C)CC4)CC3)CC2)C1)C(C)C. The number of aromatic nitrogens is 2. The van der Waals surface area contributed by atoms with Crippen molar-refractivity contribution in [2.45, 2.75) is 91.8 Å².